The summed E-state index contributed by atoms with van der Waals surface area (Å²) < 4.78 is 43.5. The number of hydrogen-bond donors (Lipinski definition) is 1. The number of hydrogen-bond acceptors (Lipinski definition) is 4. The van der Waals surface area contributed by atoms with E-state index >= 15 is 0 Å². The lowest BCUT2D eigenvalue weighted by molar-refractivity contribution is -0.141. The highest BCUT2D eigenvalue weighted by Crippen LogP contribution is 2.37. The Morgan fingerprint density at radius 1 is 1.44 bits per heavy atom. The summed E-state index contributed by atoms with van der Waals surface area (Å²) >= 11 is 0.997. The first kappa shape index (κ1) is 13.1. The molecule has 1 N–H and O–H groups in total. The second-order valence-corrected chi connectivity index (χ2v) is 4.63. The van der Waals surface area contributed by atoms with E-state index in [-0.39, 0.29) is 16.4 Å². The molecule has 0 aliphatic carbocycles. The molecule has 98 valence electrons. The van der Waals surface area contributed by atoms with Gasteiger partial charge < -0.3 is 9.73 Å². The molecule has 0 amide bonds. The second-order valence-electron chi connectivity index (χ2n) is 3.55. The van der Waals surface area contributed by atoms with E-state index in [0.29, 0.717) is 12.3 Å². The summed E-state index contributed by atoms with van der Waals surface area (Å²) in [7, 11) is 0. The third-order valence-electron chi connectivity index (χ3n) is 2.23. The van der Waals surface area contributed by atoms with E-state index in [4.69, 9.17) is 4.42 Å². The fraction of sp³-hybridized carbons (Fsp3) is 0.364. The van der Waals surface area contributed by atoms with Gasteiger partial charge in [0.15, 0.2) is 16.5 Å². The summed E-state index contributed by atoms with van der Waals surface area (Å²) in [5, 5.41) is 3.13. The average molecular weight is 276 g/mol. The van der Waals surface area contributed by atoms with Crippen molar-refractivity contribution < 1.29 is 17.6 Å². The van der Waals surface area contributed by atoms with Crippen LogP contribution in [-0.4, -0.2) is 11.5 Å². The van der Waals surface area contributed by atoms with Gasteiger partial charge in [-0.2, -0.15) is 13.2 Å². The van der Waals surface area contributed by atoms with Crippen molar-refractivity contribution in [3.05, 3.63) is 29.0 Å². The first-order chi connectivity index (χ1) is 8.52. The quantitative estimate of drug-likeness (QED) is 0.928. The van der Waals surface area contributed by atoms with Crippen molar-refractivity contribution in [3.8, 4) is 10.8 Å². The Kier molecular flexibility index (Phi) is 3.72. The Balaban J connectivity index is 2.38. The molecule has 0 unspecified atom stereocenters. The zero-order valence-corrected chi connectivity index (χ0v) is 10.4. The predicted molar refractivity (Wildman–Crippen MR) is 62.2 cm³/mol. The summed E-state index contributed by atoms with van der Waals surface area (Å²) in [6.07, 6.45) is -3.03. The molecule has 0 aliphatic heterocycles. The first-order valence-corrected chi connectivity index (χ1v) is 6.15. The minimum atomic E-state index is -4.44. The molecular weight excluding hydrogens is 265 g/mol. The van der Waals surface area contributed by atoms with Crippen LogP contribution in [0.25, 0.3) is 10.8 Å². The summed E-state index contributed by atoms with van der Waals surface area (Å²) in [5.41, 5.74) is -0.833. The Hall–Kier alpha value is -1.34. The molecule has 0 bridgehead atoms. The summed E-state index contributed by atoms with van der Waals surface area (Å²) in [6, 6.07) is 3.21. The maximum absolute atomic E-state index is 12.8. The molecular formula is C11H11F3N2OS. The molecule has 0 spiro atoms. The topological polar surface area (TPSA) is 38.1 Å². The van der Waals surface area contributed by atoms with Gasteiger partial charge in [0.05, 0.1) is 11.1 Å². The van der Waals surface area contributed by atoms with E-state index in [9.17, 15) is 13.2 Å². The minimum absolute atomic E-state index is 0.156. The van der Waals surface area contributed by atoms with Gasteiger partial charge in [-0.3, -0.25) is 0 Å². The van der Waals surface area contributed by atoms with Crippen molar-refractivity contribution in [2.75, 3.05) is 6.54 Å². The Labute approximate surface area is 106 Å². The molecule has 18 heavy (non-hydrogen) atoms. The van der Waals surface area contributed by atoms with Gasteiger partial charge in [0.25, 0.3) is 0 Å². The minimum Gasteiger partial charge on any atom is -0.462 e. The van der Waals surface area contributed by atoms with Crippen LogP contribution in [0.2, 0.25) is 0 Å². The monoisotopic (exact) mass is 276 g/mol. The van der Waals surface area contributed by atoms with E-state index in [1.165, 1.54) is 6.26 Å². The molecule has 2 heterocycles. The van der Waals surface area contributed by atoms with E-state index in [1.807, 2.05) is 6.92 Å². The van der Waals surface area contributed by atoms with Crippen molar-refractivity contribution in [2.24, 2.45) is 0 Å². The molecule has 0 atom stereocenters. The number of thiazole rings is 1. The Bertz CT molecular complexity index is 505. The number of alkyl halides is 3. The number of nitrogens with zero attached hydrogens (tertiary/aromatic N) is 1. The smallest absolute Gasteiger partial charge is 0.434 e. The van der Waals surface area contributed by atoms with Gasteiger partial charge in [-0.15, -0.1) is 11.3 Å². The van der Waals surface area contributed by atoms with Crippen molar-refractivity contribution in [3.63, 3.8) is 0 Å². The normalized spacial score (nSPS) is 12.0. The molecule has 0 saturated heterocycles. The molecule has 7 heteroatoms. The number of halogens is 3. The molecule has 2 aromatic heterocycles. The predicted octanol–water partition coefficient (Wildman–Crippen LogP) is 3.53. The first-order valence-electron chi connectivity index (χ1n) is 5.34. The lowest BCUT2D eigenvalue weighted by Crippen LogP contribution is -2.15. The second kappa shape index (κ2) is 5.11. The van der Waals surface area contributed by atoms with Crippen LogP contribution in [-0.2, 0) is 12.7 Å². The van der Waals surface area contributed by atoms with E-state index in [2.05, 4.69) is 10.3 Å². The third-order valence-corrected chi connectivity index (χ3v) is 3.30. The van der Waals surface area contributed by atoms with Crippen LogP contribution in [0.15, 0.2) is 22.8 Å². The van der Waals surface area contributed by atoms with Crippen LogP contribution in [0.1, 0.15) is 17.5 Å². The van der Waals surface area contributed by atoms with E-state index < -0.39 is 11.9 Å². The van der Waals surface area contributed by atoms with Gasteiger partial charge in [-0.25, -0.2) is 4.98 Å². The van der Waals surface area contributed by atoms with Crippen molar-refractivity contribution >= 4 is 11.3 Å². The number of furan rings is 1. The van der Waals surface area contributed by atoms with Crippen LogP contribution in [0.5, 0.6) is 0 Å². The fourth-order valence-corrected chi connectivity index (χ4v) is 2.46. The van der Waals surface area contributed by atoms with Crippen LogP contribution in [0, 0.1) is 0 Å². The van der Waals surface area contributed by atoms with Gasteiger partial charge in [-0.1, -0.05) is 6.92 Å². The molecule has 0 radical (unpaired) electrons. The van der Waals surface area contributed by atoms with Crippen molar-refractivity contribution in [1.82, 2.24) is 10.3 Å². The average Bonchev–Trinajstić information content (AvgIpc) is 2.93. The maximum Gasteiger partial charge on any atom is 0.434 e. The lowest BCUT2D eigenvalue weighted by Gasteiger charge is -2.05. The SMILES string of the molecule is CCNCc1sc(-c2ccco2)nc1C(F)(F)F. The fourth-order valence-electron chi connectivity index (χ4n) is 1.44. The highest BCUT2D eigenvalue weighted by Gasteiger charge is 2.37. The summed E-state index contributed by atoms with van der Waals surface area (Å²) in [6.45, 7) is 2.59. The van der Waals surface area contributed by atoms with E-state index in [1.54, 1.807) is 12.1 Å². The highest BCUT2D eigenvalue weighted by atomic mass is 32.1. The lowest BCUT2D eigenvalue weighted by atomic mass is 10.3. The Morgan fingerprint density at radius 2 is 2.22 bits per heavy atom. The number of aromatic nitrogens is 1. The van der Waals surface area contributed by atoms with Gasteiger partial charge in [-0.05, 0) is 18.7 Å². The molecule has 0 saturated carbocycles. The maximum atomic E-state index is 12.8. The largest absolute Gasteiger partial charge is 0.462 e. The van der Waals surface area contributed by atoms with Crippen LogP contribution < -0.4 is 5.32 Å². The van der Waals surface area contributed by atoms with Crippen LogP contribution in [0.3, 0.4) is 0 Å². The number of rotatable bonds is 4. The third kappa shape index (κ3) is 2.73. The van der Waals surface area contributed by atoms with E-state index in [0.717, 1.165) is 11.3 Å². The molecule has 0 fully saturated rings. The standard InChI is InChI=1S/C11H11F3N2OS/c1-2-15-6-8-9(11(12,13)14)16-10(18-8)7-4-3-5-17-7/h3-5,15H,2,6H2,1H3. The molecule has 2 aromatic rings. The van der Waals surface area contributed by atoms with Gasteiger partial charge >= 0.3 is 6.18 Å². The van der Waals surface area contributed by atoms with Crippen LogP contribution >= 0.6 is 11.3 Å². The van der Waals surface area contributed by atoms with Gasteiger partial charge in [0, 0.05) is 6.54 Å². The van der Waals surface area contributed by atoms with Gasteiger partial charge in [0.2, 0.25) is 0 Å². The molecule has 2 rings (SSSR count). The van der Waals surface area contributed by atoms with Crippen LogP contribution in [0.4, 0.5) is 13.2 Å². The number of nitrogens with one attached hydrogen (secondary N) is 1. The summed E-state index contributed by atoms with van der Waals surface area (Å²) in [4.78, 5) is 3.81. The zero-order valence-electron chi connectivity index (χ0n) is 9.54. The molecule has 3 nitrogen and oxygen atoms in total. The molecule has 0 aliphatic rings. The Morgan fingerprint density at radius 3 is 2.78 bits per heavy atom. The zero-order chi connectivity index (χ0) is 13.2. The van der Waals surface area contributed by atoms with Crippen molar-refractivity contribution in [2.45, 2.75) is 19.6 Å². The van der Waals surface area contributed by atoms with Crippen molar-refractivity contribution in [1.29, 1.82) is 0 Å². The summed E-state index contributed by atoms with van der Waals surface area (Å²) in [5.74, 6) is 0.355. The van der Waals surface area contributed by atoms with Gasteiger partial charge in [0.1, 0.15) is 0 Å². The highest BCUT2D eigenvalue weighted by molar-refractivity contribution is 7.15. The molecule has 0 aromatic carbocycles.